The van der Waals surface area contributed by atoms with Crippen LogP contribution in [0.25, 0.3) is 0 Å². The SMILES string of the molecule is CSC1=C(C(=O)c2ccc(C)cc2)C(N)=C(C#N)C(c2ccccc2Br)N1c1ccccc1. The zero-order valence-corrected chi connectivity index (χ0v) is 20.7. The van der Waals surface area contributed by atoms with Gasteiger partial charge < -0.3 is 10.6 Å². The van der Waals surface area contributed by atoms with Gasteiger partial charge in [0.15, 0.2) is 5.78 Å². The standard InChI is InChI=1S/C27H22BrN3OS/c1-17-12-14-18(15-13-17)26(32)23-24(30)21(16-29)25(20-10-6-7-11-22(20)28)31(27(23)33-2)19-8-4-3-5-9-19/h3-15,25H,30H2,1-2H3. The van der Waals surface area contributed by atoms with Crippen LogP contribution in [0.2, 0.25) is 0 Å². The van der Waals surface area contributed by atoms with Gasteiger partial charge in [-0.25, -0.2) is 0 Å². The third-order valence-corrected chi connectivity index (χ3v) is 7.12. The van der Waals surface area contributed by atoms with Crippen LogP contribution in [0, 0.1) is 18.3 Å². The van der Waals surface area contributed by atoms with Crippen LogP contribution >= 0.6 is 27.7 Å². The highest BCUT2D eigenvalue weighted by atomic mass is 79.9. The predicted octanol–water partition coefficient (Wildman–Crippen LogP) is 6.51. The summed E-state index contributed by atoms with van der Waals surface area (Å²) in [6, 6.07) is 26.8. The summed E-state index contributed by atoms with van der Waals surface area (Å²) in [5.41, 5.74) is 10.9. The normalized spacial score (nSPS) is 16.1. The van der Waals surface area contributed by atoms with Gasteiger partial charge in [0.2, 0.25) is 0 Å². The summed E-state index contributed by atoms with van der Waals surface area (Å²) in [5.74, 6) is -0.198. The van der Waals surface area contributed by atoms with Crippen molar-refractivity contribution in [2.45, 2.75) is 13.0 Å². The molecule has 33 heavy (non-hydrogen) atoms. The molecule has 4 rings (SSSR count). The number of aryl methyl sites for hydroxylation is 1. The lowest BCUT2D eigenvalue weighted by Gasteiger charge is -2.40. The topological polar surface area (TPSA) is 70.1 Å². The summed E-state index contributed by atoms with van der Waals surface area (Å²) in [6.07, 6.45) is 1.93. The van der Waals surface area contributed by atoms with Crippen LogP contribution in [0.3, 0.4) is 0 Å². The van der Waals surface area contributed by atoms with Crippen LogP contribution in [0.4, 0.5) is 5.69 Å². The van der Waals surface area contributed by atoms with E-state index in [4.69, 9.17) is 5.73 Å². The van der Waals surface area contributed by atoms with Crippen molar-refractivity contribution >= 4 is 39.2 Å². The number of allylic oxidation sites excluding steroid dienone is 1. The number of halogens is 1. The van der Waals surface area contributed by atoms with Crippen molar-refractivity contribution in [1.29, 1.82) is 5.26 Å². The fourth-order valence-corrected chi connectivity index (χ4v) is 5.32. The largest absolute Gasteiger partial charge is 0.397 e. The number of carbonyl (C=O) groups is 1. The molecule has 6 heteroatoms. The molecule has 0 saturated heterocycles. The van der Waals surface area contributed by atoms with Gasteiger partial charge in [-0.1, -0.05) is 82.2 Å². The Morgan fingerprint density at radius 3 is 2.27 bits per heavy atom. The summed E-state index contributed by atoms with van der Waals surface area (Å²) < 4.78 is 0.866. The van der Waals surface area contributed by atoms with Crippen molar-refractivity contribution < 1.29 is 4.79 Å². The number of hydrogen-bond donors (Lipinski definition) is 1. The van der Waals surface area contributed by atoms with Gasteiger partial charge in [0.1, 0.15) is 0 Å². The molecule has 2 N–H and O–H groups in total. The first-order valence-electron chi connectivity index (χ1n) is 10.4. The lowest BCUT2D eigenvalue weighted by Crippen LogP contribution is -2.36. The molecule has 1 aliphatic rings. The van der Waals surface area contributed by atoms with Crippen LogP contribution in [-0.2, 0) is 0 Å². The van der Waals surface area contributed by atoms with Crippen molar-refractivity contribution in [3.8, 4) is 6.07 Å². The smallest absolute Gasteiger partial charge is 0.197 e. The number of nitrogens with two attached hydrogens (primary N) is 1. The molecule has 164 valence electrons. The van der Waals surface area contributed by atoms with Gasteiger partial charge in [0, 0.05) is 15.7 Å². The van der Waals surface area contributed by atoms with Gasteiger partial charge in [-0.05, 0) is 36.9 Å². The van der Waals surface area contributed by atoms with E-state index in [9.17, 15) is 10.1 Å². The van der Waals surface area contributed by atoms with E-state index >= 15 is 0 Å². The van der Waals surface area contributed by atoms with E-state index < -0.39 is 6.04 Å². The lowest BCUT2D eigenvalue weighted by atomic mass is 9.88. The number of ketones is 1. The Kier molecular flexibility index (Phi) is 6.73. The second-order valence-electron chi connectivity index (χ2n) is 7.65. The number of para-hydroxylation sites is 1. The molecule has 4 nitrogen and oxygen atoms in total. The predicted molar refractivity (Wildman–Crippen MR) is 139 cm³/mol. The van der Waals surface area contributed by atoms with Crippen molar-refractivity contribution in [2.24, 2.45) is 5.73 Å². The van der Waals surface area contributed by atoms with Gasteiger partial charge in [-0.15, -0.1) is 11.8 Å². The lowest BCUT2D eigenvalue weighted by molar-refractivity contribution is 0.103. The Bertz CT molecular complexity index is 1310. The number of rotatable bonds is 5. The first-order chi connectivity index (χ1) is 16.0. The first-order valence-corrected chi connectivity index (χ1v) is 12.4. The highest BCUT2D eigenvalue weighted by Gasteiger charge is 2.39. The minimum atomic E-state index is -0.481. The Morgan fingerprint density at radius 2 is 1.67 bits per heavy atom. The second kappa shape index (κ2) is 9.70. The van der Waals surface area contributed by atoms with Gasteiger partial charge in [0.25, 0.3) is 0 Å². The van der Waals surface area contributed by atoms with Crippen LogP contribution in [0.15, 0.2) is 105 Å². The van der Waals surface area contributed by atoms with E-state index in [1.807, 2.05) is 84.8 Å². The Hall–Kier alpha value is -3.27. The molecule has 0 radical (unpaired) electrons. The second-order valence-corrected chi connectivity index (χ2v) is 9.30. The highest BCUT2D eigenvalue weighted by Crippen LogP contribution is 2.47. The summed E-state index contributed by atoms with van der Waals surface area (Å²) in [4.78, 5) is 15.8. The molecule has 1 atom stereocenters. The Morgan fingerprint density at radius 1 is 1.03 bits per heavy atom. The number of hydrogen-bond acceptors (Lipinski definition) is 5. The fraction of sp³-hybridized carbons (Fsp3) is 0.111. The number of nitriles is 1. The third kappa shape index (κ3) is 4.22. The van der Waals surface area contributed by atoms with Crippen molar-refractivity contribution in [3.63, 3.8) is 0 Å². The molecular weight excluding hydrogens is 494 g/mol. The van der Waals surface area contributed by atoms with Gasteiger partial charge in [-0.3, -0.25) is 4.79 Å². The number of Topliss-reactive ketones (excluding diaryl/α,β-unsaturated/α-hetero) is 1. The molecule has 0 aliphatic carbocycles. The van der Waals surface area contributed by atoms with E-state index in [1.54, 1.807) is 12.1 Å². The maximum atomic E-state index is 13.7. The molecule has 0 bridgehead atoms. The van der Waals surface area contributed by atoms with E-state index in [1.165, 1.54) is 11.8 Å². The molecule has 0 amide bonds. The molecule has 1 heterocycles. The van der Waals surface area contributed by atoms with E-state index in [2.05, 4.69) is 22.0 Å². The maximum Gasteiger partial charge on any atom is 0.197 e. The number of thioether (sulfide) groups is 1. The highest BCUT2D eigenvalue weighted by molar-refractivity contribution is 9.10. The Labute approximate surface area is 206 Å². The molecule has 0 spiro atoms. The molecule has 1 aliphatic heterocycles. The first kappa shape index (κ1) is 22.9. The minimum Gasteiger partial charge on any atom is -0.397 e. The number of anilines is 1. The third-order valence-electron chi connectivity index (χ3n) is 5.61. The van der Waals surface area contributed by atoms with Crippen LogP contribution in [0.5, 0.6) is 0 Å². The molecule has 0 aromatic heterocycles. The quantitative estimate of drug-likeness (QED) is 0.392. The number of carbonyl (C=O) groups excluding carboxylic acids is 1. The van der Waals surface area contributed by atoms with Gasteiger partial charge in [-0.2, -0.15) is 5.26 Å². The number of benzene rings is 3. The zero-order valence-electron chi connectivity index (χ0n) is 18.2. The summed E-state index contributed by atoms with van der Waals surface area (Å²) >= 11 is 5.10. The fourth-order valence-electron chi connectivity index (χ4n) is 4.00. The van der Waals surface area contributed by atoms with E-state index in [-0.39, 0.29) is 11.5 Å². The molecular formula is C27H22BrN3OS. The molecule has 0 saturated carbocycles. The van der Waals surface area contributed by atoms with Crippen molar-refractivity contribution in [1.82, 2.24) is 0 Å². The molecule has 0 fully saturated rings. The summed E-state index contributed by atoms with van der Waals surface area (Å²) in [7, 11) is 0. The average Bonchev–Trinajstić information content (AvgIpc) is 2.84. The average molecular weight is 516 g/mol. The Balaban J connectivity index is 2.01. The summed E-state index contributed by atoms with van der Waals surface area (Å²) in [6.45, 7) is 1.98. The summed E-state index contributed by atoms with van der Waals surface area (Å²) in [5, 5.41) is 11.0. The van der Waals surface area contributed by atoms with Gasteiger partial charge >= 0.3 is 0 Å². The molecule has 3 aromatic rings. The van der Waals surface area contributed by atoms with Crippen LogP contribution in [0.1, 0.15) is 27.5 Å². The maximum absolute atomic E-state index is 13.7. The number of nitrogens with zero attached hydrogens (tertiary/aromatic N) is 2. The molecule has 1 unspecified atom stereocenters. The molecule has 3 aromatic carbocycles. The minimum absolute atomic E-state index is 0.198. The van der Waals surface area contributed by atoms with E-state index in [0.717, 1.165) is 21.3 Å². The van der Waals surface area contributed by atoms with Gasteiger partial charge in [0.05, 0.1) is 34.0 Å². The van der Waals surface area contributed by atoms with Crippen LogP contribution in [-0.4, -0.2) is 12.0 Å². The zero-order chi connectivity index (χ0) is 23.5. The van der Waals surface area contributed by atoms with Crippen LogP contribution < -0.4 is 10.6 Å². The van der Waals surface area contributed by atoms with Crippen molar-refractivity contribution in [3.05, 3.63) is 122 Å². The van der Waals surface area contributed by atoms with Crippen molar-refractivity contribution in [2.75, 3.05) is 11.2 Å². The van der Waals surface area contributed by atoms with E-state index in [0.29, 0.717) is 21.7 Å². The monoisotopic (exact) mass is 515 g/mol.